The molecule has 4 nitrogen and oxygen atoms in total. The fourth-order valence-electron chi connectivity index (χ4n) is 2.18. The molecule has 1 aromatic rings. The van der Waals surface area contributed by atoms with Gasteiger partial charge in [0.15, 0.2) is 5.95 Å². The molecule has 1 saturated heterocycles. The van der Waals surface area contributed by atoms with Crippen LogP contribution in [-0.4, -0.2) is 41.5 Å². The van der Waals surface area contributed by atoms with Crippen LogP contribution in [0.2, 0.25) is 0 Å². The van der Waals surface area contributed by atoms with Gasteiger partial charge in [-0.05, 0) is 39.3 Å². The van der Waals surface area contributed by atoms with Gasteiger partial charge in [-0.15, -0.1) is 0 Å². The molecular formula is C11H20N4. The number of likely N-dealkylation sites (tertiary alicyclic amines) is 1. The molecule has 84 valence electrons. The van der Waals surface area contributed by atoms with E-state index in [-0.39, 0.29) is 0 Å². The summed E-state index contributed by atoms with van der Waals surface area (Å²) < 4.78 is 0. The lowest BCUT2D eigenvalue weighted by Gasteiger charge is -2.29. The van der Waals surface area contributed by atoms with E-state index < -0.39 is 0 Å². The van der Waals surface area contributed by atoms with Crippen LogP contribution in [0.5, 0.6) is 0 Å². The summed E-state index contributed by atoms with van der Waals surface area (Å²) in [6.45, 7) is 5.49. The van der Waals surface area contributed by atoms with Crippen LogP contribution in [0, 0.1) is 12.8 Å². The molecule has 0 aliphatic carbocycles. The van der Waals surface area contributed by atoms with Crippen molar-refractivity contribution in [2.75, 3.05) is 32.0 Å². The largest absolute Gasteiger partial charge is 0.355 e. The molecule has 0 saturated carbocycles. The van der Waals surface area contributed by atoms with Crippen molar-refractivity contribution < 1.29 is 0 Å². The van der Waals surface area contributed by atoms with E-state index in [2.05, 4.69) is 27.2 Å². The number of aryl methyl sites for hydroxylation is 1. The van der Waals surface area contributed by atoms with Crippen molar-refractivity contribution in [1.82, 2.24) is 14.9 Å². The third-order valence-corrected chi connectivity index (χ3v) is 2.98. The summed E-state index contributed by atoms with van der Waals surface area (Å²) in [5.74, 6) is 1.66. The fourth-order valence-corrected chi connectivity index (χ4v) is 2.18. The first-order valence-electron chi connectivity index (χ1n) is 5.68. The van der Waals surface area contributed by atoms with Gasteiger partial charge in [0.05, 0.1) is 0 Å². The van der Waals surface area contributed by atoms with E-state index in [1.807, 2.05) is 13.1 Å². The maximum atomic E-state index is 4.24. The van der Waals surface area contributed by atoms with E-state index in [1.54, 1.807) is 0 Å². The number of imidazole rings is 1. The highest BCUT2D eigenvalue weighted by Crippen LogP contribution is 2.15. The number of nitrogens with zero attached hydrogens (tertiary/aromatic N) is 2. The summed E-state index contributed by atoms with van der Waals surface area (Å²) in [4.78, 5) is 9.84. The van der Waals surface area contributed by atoms with E-state index in [0.717, 1.165) is 24.1 Å². The van der Waals surface area contributed by atoms with E-state index in [9.17, 15) is 0 Å². The standard InChI is InChI=1S/C11H20N4/c1-9-6-12-11(14-9)13-7-10-4-3-5-15(2)8-10/h6,10H,3-5,7-8H2,1-2H3,(H2,12,13,14). The Kier molecular flexibility index (Phi) is 3.26. The number of aromatic amines is 1. The molecule has 2 rings (SSSR count). The second-order valence-corrected chi connectivity index (χ2v) is 4.57. The Hall–Kier alpha value is -1.03. The number of piperidine rings is 1. The van der Waals surface area contributed by atoms with Crippen molar-refractivity contribution in [2.24, 2.45) is 5.92 Å². The maximum Gasteiger partial charge on any atom is 0.200 e. The molecule has 1 aromatic heterocycles. The van der Waals surface area contributed by atoms with Crippen LogP contribution in [0.15, 0.2) is 6.20 Å². The molecule has 1 aliphatic heterocycles. The highest BCUT2D eigenvalue weighted by molar-refractivity contribution is 5.25. The number of aromatic nitrogens is 2. The van der Waals surface area contributed by atoms with Gasteiger partial charge in [-0.2, -0.15) is 0 Å². The van der Waals surface area contributed by atoms with Crippen LogP contribution >= 0.6 is 0 Å². The van der Waals surface area contributed by atoms with Crippen molar-refractivity contribution >= 4 is 5.95 Å². The number of hydrogen-bond acceptors (Lipinski definition) is 3. The molecule has 1 aliphatic rings. The summed E-state index contributed by atoms with van der Waals surface area (Å²) in [7, 11) is 2.20. The lowest BCUT2D eigenvalue weighted by molar-refractivity contribution is 0.217. The normalized spacial score (nSPS) is 22.9. The van der Waals surface area contributed by atoms with E-state index in [4.69, 9.17) is 0 Å². The van der Waals surface area contributed by atoms with Crippen molar-refractivity contribution in [3.8, 4) is 0 Å². The number of anilines is 1. The van der Waals surface area contributed by atoms with Gasteiger partial charge < -0.3 is 15.2 Å². The molecule has 0 aromatic carbocycles. The number of rotatable bonds is 3. The van der Waals surface area contributed by atoms with Gasteiger partial charge in [-0.3, -0.25) is 0 Å². The van der Waals surface area contributed by atoms with Gasteiger partial charge in [0.1, 0.15) is 0 Å². The number of H-pyrrole nitrogens is 1. The van der Waals surface area contributed by atoms with E-state index >= 15 is 0 Å². The van der Waals surface area contributed by atoms with Crippen LogP contribution in [0.1, 0.15) is 18.5 Å². The zero-order valence-electron chi connectivity index (χ0n) is 9.58. The molecule has 0 bridgehead atoms. The molecule has 1 unspecified atom stereocenters. The lowest BCUT2D eigenvalue weighted by atomic mass is 9.99. The minimum atomic E-state index is 0.758. The van der Waals surface area contributed by atoms with Gasteiger partial charge in [0, 0.05) is 25.0 Å². The van der Waals surface area contributed by atoms with Crippen LogP contribution < -0.4 is 5.32 Å². The van der Waals surface area contributed by atoms with Crippen LogP contribution in [0.3, 0.4) is 0 Å². The van der Waals surface area contributed by atoms with Gasteiger partial charge >= 0.3 is 0 Å². The Morgan fingerprint density at radius 2 is 2.53 bits per heavy atom. The molecule has 1 atom stereocenters. The SMILES string of the molecule is Cc1cnc(NCC2CCCN(C)C2)[nH]1. The highest BCUT2D eigenvalue weighted by Gasteiger charge is 2.16. The molecular weight excluding hydrogens is 188 g/mol. The van der Waals surface area contributed by atoms with Gasteiger partial charge in [-0.25, -0.2) is 4.98 Å². The van der Waals surface area contributed by atoms with Crippen molar-refractivity contribution in [2.45, 2.75) is 19.8 Å². The summed E-state index contributed by atoms with van der Waals surface area (Å²) in [5.41, 5.74) is 1.11. The van der Waals surface area contributed by atoms with Gasteiger partial charge in [-0.1, -0.05) is 0 Å². The van der Waals surface area contributed by atoms with Gasteiger partial charge in [0.2, 0.25) is 0 Å². The van der Waals surface area contributed by atoms with E-state index in [0.29, 0.717) is 0 Å². The number of nitrogens with one attached hydrogen (secondary N) is 2. The van der Waals surface area contributed by atoms with Crippen molar-refractivity contribution in [3.63, 3.8) is 0 Å². The molecule has 0 spiro atoms. The molecule has 2 N–H and O–H groups in total. The third kappa shape index (κ3) is 2.96. The van der Waals surface area contributed by atoms with Crippen molar-refractivity contribution in [1.29, 1.82) is 0 Å². The summed E-state index contributed by atoms with van der Waals surface area (Å²) >= 11 is 0. The average Bonchev–Trinajstić information content (AvgIpc) is 2.62. The zero-order chi connectivity index (χ0) is 10.7. The van der Waals surface area contributed by atoms with Crippen LogP contribution in [0.4, 0.5) is 5.95 Å². The second kappa shape index (κ2) is 4.66. The minimum Gasteiger partial charge on any atom is -0.355 e. The van der Waals surface area contributed by atoms with E-state index in [1.165, 1.54) is 25.9 Å². The predicted molar refractivity (Wildman–Crippen MR) is 62.0 cm³/mol. The monoisotopic (exact) mass is 208 g/mol. The predicted octanol–water partition coefficient (Wildman–Crippen LogP) is 1.47. The Morgan fingerprint density at radius 3 is 3.20 bits per heavy atom. The third-order valence-electron chi connectivity index (χ3n) is 2.98. The Bertz CT molecular complexity index is 307. The van der Waals surface area contributed by atoms with Crippen molar-refractivity contribution in [3.05, 3.63) is 11.9 Å². The summed E-state index contributed by atoms with van der Waals surface area (Å²) in [5, 5.41) is 3.36. The number of hydrogen-bond donors (Lipinski definition) is 2. The first-order chi connectivity index (χ1) is 7.24. The topological polar surface area (TPSA) is 44.0 Å². The summed E-state index contributed by atoms with van der Waals surface area (Å²) in [6.07, 6.45) is 4.51. The molecule has 15 heavy (non-hydrogen) atoms. The lowest BCUT2D eigenvalue weighted by Crippen LogP contribution is -2.35. The maximum absolute atomic E-state index is 4.24. The quantitative estimate of drug-likeness (QED) is 0.790. The minimum absolute atomic E-state index is 0.758. The molecule has 1 fully saturated rings. The molecule has 4 heteroatoms. The zero-order valence-corrected chi connectivity index (χ0v) is 9.58. The Labute approximate surface area is 91.1 Å². The molecule has 2 heterocycles. The van der Waals surface area contributed by atoms with Crippen LogP contribution in [0.25, 0.3) is 0 Å². The smallest absolute Gasteiger partial charge is 0.200 e. The average molecular weight is 208 g/mol. The van der Waals surface area contributed by atoms with Gasteiger partial charge in [0.25, 0.3) is 0 Å². The second-order valence-electron chi connectivity index (χ2n) is 4.57. The Balaban J connectivity index is 1.77. The first kappa shape index (κ1) is 10.5. The molecule has 0 radical (unpaired) electrons. The van der Waals surface area contributed by atoms with Crippen LogP contribution in [-0.2, 0) is 0 Å². The first-order valence-corrected chi connectivity index (χ1v) is 5.68. The Morgan fingerprint density at radius 1 is 1.67 bits per heavy atom. The molecule has 0 amide bonds. The highest BCUT2D eigenvalue weighted by atomic mass is 15.1. The summed E-state index contributed by atoms with van der Waals surface area (Å²) in [6, 6.07) is 0. The fraction of sp³-hybridized carbons (Fsp3) is 0.727.